The molecule has 0 atom stereocenters. The van der Waals surface area contributed by atoms with Crippen LogP contribution in [0.1, 0.15) is 11.4 Å². The molecule has 1 aliphatic rings. The van der Waals surface area contributed by atoms with Gasteiger partial charge < -0.3 is 10.2 Å². The van der Waals surface area contributed by atoms with Crippen molar-refractivity contribution in [2.45, 2.75) is 12.6 Å². The highest BCUT2D eigenvalue weighted by atomic mass is 32.1. The van der Waals surface area contributed by atoms with Crippen LogP contribution in [-0.2, 0) is 6.18 Å². The van der Waals surface area contributed by atoms with E-state index in [-0.39, 0.29) is 0 Å². The maximum absolute atomic E-state index is 12.4. The average Bonchev–Trinajstić information content (AvgIpc) is 2.55. The lowest BCUT2D eigenvalue weighted by atomic mass is 10.4. The highest BCUT2D eigenvalue weighted by Gasteiger charge is 2.35. The van der Waals surface area contributed by atoms with E-state index < -0.39 is 11.2 Å². The summed E-state index contributed by atoms with van der Waals surface area (Å²) in [5.74, 6) is 0. The fourth-order valence-corrected chi connectivity index (χ4v) is 2.45. The molecule has 3 nitrogen and oxygen atoms in total. The molecule has 1 fully saturated rings. The molecular formula is C9H12F3N3S. The molecule has 1 aromatic heterocycles. The Hall–Kier alpha value is -0.820. The Balaban J connectivity index is 2.11. The summed E-state index contributed by atoms with van der Waals surface area (Å²) in [4.78, 5) is 5.38. The molecule has 16 heavy (non-hydrogen) atoms. The largest absolute Gasteiger partial charge is 0.443 e. The number of alkyl halides is 3. The van der Waals surface area contributed by atoms with E-state index in [2.05, 4.69) is 10.3 Å². The molecule has 0 bridgehead atoms. The van der Waals surface area contributed by atoms with Gasteiger partial charge in [-0.3, -0.25) is 0 Å². The summed E-state index contributed by atoms with van der Waals surface area (Å²) in [6.07, 6.45) is -2.06. The van der Waals surface area contributed by atoms with E-state index in [9.17, 15) is 13.2 Å². The first-order valence-electron chi connectivity index (χ1n) is 5.06. The van der Waals surface area contributed by atoms with E-state index in [1.807, 2.05) is 4.90 Å². The molecule has 2 rings (SSSR count). The van der Waals surface area contributed by atoms with Gasteiger partial charge in [0.2, 0.25) is 0 Å². The lowest BCUT2D eigenvalue weighted by Crippen LogP contribution is -2.26. The monoisotopic (exact) mass is 251 g/mol. The van der Waals surface area contributed by atoms with Gasteiger partial charge in [-0.1, -0.05) is 11.3 Å². The minimum atomic E-state index is -4.33. The molecule has 0 spiro atoms. The predicted octanol–water partition coefficient (Wildman–Crippen LogP) is 1.96. The number of hydrogen-bond acceptors (Lipinski definition) is 4. The molecular weight excluding hydrogens is 239 g/mol. The first-order valence-corrected chi connectivity index (χ1v) is 5.88. The number of nitrogens with zero attached hydrogens (tertiary/aromatic N) is 2. The highest BCUT2D eigenvalue weighted by Crippen LogP contribution is 2.35. The number of anilines is 1. The van der Waals surface area contributed by atoms with Gasteiger partial charge in [0, 0.05) is 19.6 Å². The van der Waals surface area contributed by atoms with Crippen LogP contribution in [0.5, 0.6) is 0 Å². The minimum Gasteiger partial charge on any atom is -0.361 e. The van der Waals surface area contributed by atoms with Crippen LogP contribution in [0.3, 0.4) is 0 Å². The summed E-state index contributed by atoms with van der Waals surface area (Å²) in [5, 5.41) is 3.05. The van der Waals surface area contributed by atoms with Gasteiger partial charge in [-0.2, -0.15) is 13.2 Å². The van der Waals surface area contributed by atoms with Crippen LogP contribution in [0.25, 0.3) is 0 Å². The zero-order chi connectivity index (χ0) is 11.6. The molecule has 1 aromatic rings. The van der Waals surface area contributed by atoms with Gasteiger partial charge in [-0.05, 0) is 13.0 Å². The SMILES string of the molecule is FC(F)(F)c1ncc(N2CCCNCC2)s1. The van der Waals surface area contributed by atoms with Crippen LogP contribution >= 0.6 is 11.3 Å². The van der Waals surface area contributed by atoms with Crippen LogP contribution < -0.4 is 10.2 Å². The molecule has 90 valence electrons. The molecule has 1 aliphatic heterocycles. The molecule has 1 N–H and O–H groups in total. The fraction of sp³-hybridized carbons (Fsp3) is 0.667. The average molecular weight is 251 g/mol. The van der Waals surface area contributed by atoms with Crippen molar-refractivity contribution in [3.05, 3.63) is 11.2 Å². The number of rotatable bonds is 1. The quantitative estimate of drug-likeness (QED) is 0.827. The summed E-state index contributed by atoms with van der Waals surface area (Å²) < 4.78 is 37.1. The van der Waals surface area contributed by atoms with Crippen molar-refractivity contribution < 1.29 is 13.2 Å². The maximum Gasteiger partial charge on any atom is 0.443 e. The molecule has 2 heterocycles. The summed E-state index contributed by atoms with van der Waals surface area (Å²) in [5.41, 5.74) is 0. The van der Waals surface area contributed by atoms with E-state index >= 15 is 0 Å². The summed E-state index contributed by atoms with van der Waals surface area (Å²) in [6, 6.07) is 0. The van der Waals surface area contributed by atoms with Crippen molar-refractivity contribution >= 4 is 16.3 Å². The topological polar surface area (TPSA) is 28.2 Å². The van der Waals surface area contributed by atoms with Crippen LogP contribution in [-0.4, -0.2) is 31.2 Å². The van der Waals surface area contributed by atoms with E-state index in [1.54, 1.807) is 0 Å². The smallest absolute Gasteiger partial charge is 0.361 e. The Kier molecular flexibility index (Phi) is 3.34. The Labute approximate surface area is 95.3 Å². The van der Waals surface area contributed by atoms with Crippen molar-refractivity contribution in [2.24, 2.45) is 0 Å². The minimum absolute atomic E-state index is 0.607. The zero-order valence-corrected chi connectivity index (χ0v) is 9.37. The van der Waals surface area contributed by atoms with Gasteiger partial charge in [0.05, 0.1) is 6.20 Å². The second-order valence-corrected chi connectivity index (χ2v) is 4.60. The number of halogens is 3. The maximum atomic E-state index is 12.4. The van der Waals surface area contributed by atoms with E-state index in [1.165, 1.54) is 6.20 Å². The van der Waals surface area contributed by atoms with Crippen LogP contribution in [0, 0.1) is 0 Å². The predicted molar refractivity (Wildman–Crippen MR) is 56.8 cm³/mol. The van der Waals surface area contributed by atoms with Crippen molar-refractivity contribution in [3.8, 4) is 0 Å². The third-order valence-corrected chi connectivity index (χ3v) is 3.49. The third kappa shape index (κ3) is 2.65. The fourth-order valence-electron chi connectivity index (χ4n) is 1.61. The lowest BCUT2D eigenvalue weighted by molar-refractivity contribution is -0.137. The number of hydrogen-bond donors (Lipinski definition) is 1. The Morgan fingerprint density at radius 3 is 2.81 bits per heavy atom. The van der Waals surface area contributed by atoms with Crippen molar-refractivity contribution in [2.75, 3.05) is 31.1 Å². The molecule has 0 amide bonds. The van der Waals surface area contributed by atoms with Crippen LogP contribution in [0.2, 0.25) is 0 Å². The van der Waals surface area contributed by atoms with Gasteiger partial charge in [0.25, 0.3) is 0 Å². The van der Waals surface area contributed by atoms with Crippen LogP contribution in [0.4, 0.5) is 18.2 Å². The van der Waals surface area contributed by atoms with Crippen molar-refractivity contribution in [1.82, 2.24) is 10.3 Å². The summed E-state index contributed by atoms with van der Waals surface area (Å²) in [6.45, 7) is 3.24. The van der Waals surface area contributed by atoms with Gasteiger partial charge >= 0.3 is 6.18 Å². The first-order chi connectivity index (χ1) is 7.57. The lowest BCUT2D eigenvalue weighted by Gasteiger charge is -2.19. The van der Waals surface area contributed by atoms with E-state index in [0.717, 1.165) is 43.9 Å². The normalized spacial score (nSPS) is 18.6. The number of nitrogens with one attached hydrogen (secondary N) is 1. The number of aromatic nitrogens is 1. The second-order valence-electron chi connectivity index (χ2n) is 3.59. The molecule has 0 unspecified atom stereocenters. The summed E-state index contributed by atoms with van der Waals surface area (Å²) >= 11 is 0.718. The molecule has 0 aliphatic carbocycles. The standard InChI is InChI=1S/C9H12F3N3S/c10-9(11,12)8-14-6-7(16-8)15-4-1-2-13-3-5-15/h6,13H,1-5H2. The highest BCUT2D eigenvalue weighted by molar-refractivity contribution is 7.15. The van der Waals surface area contributed by atoms with Crippen molar-refractivity contribution in [3.63, 3.8) is 0 Å². The van der Waals surface area contributed by atoms with Crippen LogP contribution in [0.15, 0.2) is 6.20 Å². The van der Waals surface area contributed by atoms with Crippen molar-refractivity contribution in [1.29, 1.82) is 0 Å². The summed E-state index contributed by atoms with van der Waals surface area (Å²) in [7, 11) is 0. The molecule has 7 heteroatoms. The van der Waals surface area contributed by atoms with Gasteiger partial charge in [-0.25, -0.2) is 4.98 Å². The van der Waals surface area contributed by atoms with Gasteiger partial charge in [0.1, 0.15) is 5.00 Å². The van der Waals surface area contributed by atoms with E-state index in [4.69, 9.17) is 0 Å². The molecule has 1 saturated heterocycles. The van der Waals surface area contributed by atoms with E-state index in [0.29, 0.717) is 5.00 Å². The Morgan fingerprint density at radius 2 is 2.12 bits per heavy atom. The van der Waals surface area contributed by atoms with Gasteiger partial charge in [-0.15, -0.1) is 0 Å². The molecule has 0 aromatic carbocycles. The molecule has 0 saturated carbocycles. The zero-order valence-electron chi connectivity index (χ0n) is 8.55. The second kappa shape index (κ2) is 4.58. The number of thiazole rings is 1. The van der Waals surface area contributed by atoms with Gasteiger partial charge in [0.15, 0.2) is 5.01 Å². The third-order valence-electron chi connectivity index (χ3n) is 2.39. The Bertz CT molecular complexity index is 342. The molecule has 0 radical (unpaired) electrons. The Morgan fingerprint density at radius 1 is 1.31 bits per heavy atom. The first kappa shape index (κ1) is 11.7.